The molecular weight excluding hydrogens is 434 g/mol. The van der Waals surface area contributed by atoms with E-state index in [0.29, 0.717) is 11.6 Å². The van der Waals surface area contributed by atoms with Crippen LogP contribution in [-0.4, -0.2) is 61.8 Å². The molecule has 1 fully saturated rings. The van der Waals surface area contributed by atoms with Crippen LogP contribution in [0.2, 0.25) is 5.02 Å². The number of aromatic nitrogens is 1. The van der Waals surface area contributed by atoms with Crippen LogP contribution >= 0.6 is 22.9 Å². The first-order valence-corrected chi connectivity index (χ1v) is 11.5. The van der Waals surface area contributed by atoms with Crippen molar-refractivity contribution in [2.24, 2.45) is 0 Å². The van der Waals surface area contributed by atoms with Crippen LogP contribution in [0, 0.1) is 0 Å². The highest BCUT2D eigenvalue weighted by atomic mass is 35.5. The van der Waals surface area contributed by atoms with Crippen molar-refractivity contribution in [1.82, 2.24) is 9.88 Å². The Kier molecular flexibility index (Phi) is 5.91. The van der Waals surface area contributed by atoms with E-state index in [2.05, 4.69) is 4.90 Å². The molecule has 6 nitrogen and oxygen atoms in total. The minimum atomic E-state index is -0.0204. The summed E-state index contributed by atoms with van der Waals surface area (Å²) in [6.45, 7) is 4.80. The number of anilines is 1. The number of ether oxygens (including phenoxy) is 2. The summed E-state index contributed by atoms with van der Waals surface area (Å²) >= 11 is 7.89. The molecule has 5 rings (SSSR count). The predicted molar refractivity (Wildman–Crippen MR) is 123 cm³/mol. The van der Waals surface area contributed by atoms with E-state index in [1.54, 1.807) is 11.3 Å². The third kappa shape index (κ3) is 4.32. The van der Waals surface area contributed by atoms with Crippen LogP contribution < -0.4 is 9.64 Å². The Morgan fingerprint density at radius 1 is 1.10 bits per heavy atom. The van der Waals surface area contributed by atoms with Crippen molar-refractivity contribution < 1.29 is 14.3 Å². The number of benzene rings is 2. The molecule has 0 bridgehead atoms. The van der Waals surface area contributed by atoms with Crippen LogP contribution in [0.3, 0.4) is 0 Å². The second-order valence-corrected chi connectivity index (χ2v) is 8.75. The van der Waals surface area contributed by atoms with Crippen molar-refractivity contribution in [2.75, 3.05) is 50.9 Å². The fourth-order valence-electron chi connectivity index (χ4n) is 3.84. The zero-order valence-electron chi connectivity index (χ0n) is 16.9. The minimum absolute atomic E-state index is 0.0204. The molecule has 0 radical (unpaired) electrons. The summed E-state index contributed by atoms with van der Waals surface area (Å²) in [6.07, 6.45) is 0. The molecule has 0 atom stereocenters. The summed E-state index contributed by atoms with van der Waals surface area (Å²) in [5.74, 6) is 0.708. The summed E-state index contributed by atoms with van der Waals surface area (Å²) in [7, 11) is 0. The van der Waals surface area contributed by atoms with Crippen LogP contribution in [-0.2, 0) is 9.53 Å². The van der Waals surface area contributed by atoms with Gasteiger partial charge in [0.25, 0.3) is 5.91 Å². The van der Waals surface area contributed by atoms with Crippen molar-refractivity contribution in [3.05, 3.63) is 52.9 Å². The predicted octanol–water partition coefficient (Wildman–Crippen LogP) is 4.19. The topological polar surface area (TPSA) is 54.9 Å². The Bertz CT molecular complexity index is 1100. The van der Waals surface area contributed by atoms with Crippen molar-refractivity contribution >= 4 is 34.5 Å². The number of morpholine rings is 1. The second-order valence-electron chi connectivity index (χ2n) is 7.49. The van der Waals surface area contributed by atoms with E-state index in [1.807, 2.05) is 52.7 Å². The molecule has 2 aliphatic rings. The van der Waals surface area contributed by atoms with Gasteiger partial charge in [0.05, 0.1) is 29.6 Å². The second kappa shape index (κ2) is 8.96. The molecule has 0 aliphatic carbocycles. The van der Waals surface area contributed by atoms with E-state index >= 15 is 0 Å². The maximum Gasteiger partial charge on any atom is 0.265 e. The molecule has 2 aliphatic heterocycles. The lowest BCUT2D eigenvalue weighted by molar-refractivity contribution is -0.121. The molecule has 1 aromatic heterocycles. The quantitative estimate of drug-likeness (QED) is 0.577. The smallest absolute Gasteiger partial charge is 0.265 e. The number of hydrogen-bond acceptors (Lipinski definition) is 6. The summed E-state index contributed by atoms with van der Waals surface area (Å²) in [4.78, 5) is 21.6. The third-order valence-electron chi connectivity index (χ3n) is 5.55. The Hall–Kier alpha value is -2.45. The van der Waals surface area contributed by atoms with Gasteiger partial charge in [-0.05, 0) is 24.3 Å². The Balaban J connectivity index is 1.40. The Morgan fingerprint density at radius 2 is 1.94 bits per heavy atom. The van der Waals surface area contributed by atoms with Gasteiger partial charge in [-0.1, -0.05) is 29.8 Å². The van der Waals surface area contributed by atoms with Crippen molar-refractivity contribution in [3.8, 4) is 27.6 Å². The number of rotatable bonds is 5. The average Bonchev–Trinajstić information content (AvgIpc) is 3.29. The zero-order valence-corrected chi connectivity index (χ0v) is 18.5. The number of amides is 1. The highest BCUT2D eigenvalue weighted by molar-refractivity contribution is 7.13. The maximum atomic E-state index is 12.6. The molecule has 1 amide bonds. The van der Waals surface area contributed by atoms with Gasteiger partial charge in [-0.2, -0.15) is 0 Å². The highest BCUT2D eigenvalue weighted by Crippen LogP contribution is 2.38. The lowest BCUT2D eigenvalue weighted by atomic mass is 10.1. The van der Waals surface area contributed by atoms with E-state index in [0.717, 1.165) is 66.1 Å². The molecule has 8 heteroatoms. The molecule has 0 N–H and O–H groups in total. The monoisotopic (exact) mass is 455 g/mol. The summed E-state index contributed by atoms with van der Waals surface area (Å²) in [5.41, 5.74) is 3.52. The van der Waals surface area contributed by atoms with E-state index in [-0.39, 0.29) is 12.5 Å². The van der Waals surface area contributed by atoms with E-state index < -0.39 is 0 Å². The normalized spacial score (nSPS) is 16.8. The molecule has 0 spiro atoms. The number of hydrogen-bond donors (Lipinski definition) is 0. The molecule has 2 aromatic carbocycles. The average molecular weight is 456 g/mol. The van der Waals surface area contributed by atoms with Gasteiger partial charge in [-0.25, -0.2) is 4.98 Å². The standard InChI is InChI=1S/C23H22ClN3O3S/c24-18-4-2-1-3-17(18)23-25-19(15-31-23)16-5-6-21-20(13-16)27(22(28)14-30-21)8-7-26-9-11-29-12-10-26/h1-6,13,15H,7-12,14H2. The van der Waals surface area contributed by atoms with E-state index in [1.165, 1.54) is 0 Å². The van der Waals surface area contributed by atoms with Crippen molar-refractivity contribution in [1.29, 1.82) is 0 Å². The third-order valence-corrected chi connectivity index (χ3v) is 6.75. The van der Waals surface area contributed by atoms with E-state index in [9.17, 15) is 4.79 Å². The lowest BCUT2D eigenvalue weighted by Crippen LogP contribution is -2.45. The van der Waals surface area contributed by atoms with Gasteiger partial charge in [0, 0.05) is 42.7 Å². The van der Waals surface area contributed by atoms with Crippen molar-refractivity contribution in [3.63, 3.8) is 0 Å². The highest BCUT2D eigenvalue weighted by Gasteiger charge is 2.27. The Morgan fingerprint density at radius 3 is 2.77 bits per heavy atom. The summed E-state index contributed by atoms with van der Waals surface area (Å²) in [6, 6.07) is 13.6. The summed E-state index contributed by atoms with van der Waals surface area (Å²) < 4.78 is 11.1. The fourth-order valence-corrected chi connectivity index (χ4v) is 4.99. The maximum absolute atomic E-state index is 12.6. The number of thiazole rings is 1. The first-order valence-electron chi connectivity index (χ1n) is 10.3. The first-order chi connectivity index (χ1) is 15.2. The van der Waals surface area contributed by atoms with Gasteiger partial charge in [0.15, 0.2) is 6.61 Å². The first kappa shape index (κ1) is 20.5. The Labute approximate surface area is 190 Å². The SMILES string of the molecule is O=C1COc2ccc(-c3csc(-c4ccccc4Cl)n3)cc2N1CCN1CCOCC1. The number of carbonyl (C=O) groups is 1. The number of fused-ring (bicyclic) bond motifs is 1. The number of halogens is 1. The number of nitrogens with zero attached hydrogens (tertiary/aromatic N) is 3. The van der Waals surface area contributed by atoms with Crippen LogP contribution in [0.15, 0.2) is 47.8 Å². The van der Waals surface area contributed by atoms with E-state index in [4.69, 9.17) is 26.1 Å². The number of carbonyl (C=O) groups excluding carboxylic acids is 1. The molecular formula is C23H22ClN3O3S. The van der Waals surface area contributed by atoms with Crippen LogP contribution in [0.1, 0.15) is 0 Å². The van der Waals surface area contributed by atoms with Gasteiger partial charge >= 0.3 is 0 Å². The van der Waals surface area contributed by atoms with Gasteiger partial charge in [0.1, 0.15) is 10.8 Å². The minimum Gasteiger partial charge on any atom is -0.482 e. The largest absolute Gasteiger partial charge is 0.482 e. The van der Waals surface area contributed by atoms with Gasteiger partial charge < -0.3 is 14.4 Å². The van der Waals surface area contributed by atoms with Crippen LogP contribution in [0.25, 0.3) is 21.8 Å². The molecule has 3 heterocycles. The van der Waals surface area contributed by atoms with Crippen molar-refractivity contribution in [2.45, 2.75) is 0 Å². The van der Waals surface area contributed by atoms with Gasteiger partial charge in [-0.15, -0.1) is 11.3 Å². The molecule has 160 valence electrons. The summed E-state index contributed by atoms with van der Waals surface area (Å²) in [5, 5.41) is 3.57. The lowest BCUT2D eigenvalue weighted by Gasteiger charge is -2.33. The van der Waals surface area contributed by atoms with Gasteiger partial charge in [-0.3, -0.25) is 9.69 Å². The van der Waals surface area contributed by atoms with Crippen LogP contribution in [0.4, 0.5) is 5.69 Å². The molecule has 1 saturated heterocycles. The molecule has 31 heavy (non-hydrogen) atoms. The van der Waals surface area contributed by atoms with Gasteiger partial charge in [0.2, 0.25) is 0 Å². The molecule has 3 aromatic rings. The zero-order chi connectivity index (χ0) is 21.2. The molecule has 0 saturated carbocycles. The molecule has 0 unspecified atom stereocenters. The van der Waals surface area contributed by atoms with Crippen LogP contribution in [0.5, 0.6) is 5.75 Å². The fraction of sp³-hybridized carbons (Fsp3) is 0.304.